The van der Waals surface area contributed by atoms with Gasteiger partial charge < -0.3 is 15.6 Å². The molecule has 0 aliphatic heterocycles. The van der Waals surface area contributed by atoms with Gasteiger partial charge in [-0.25, -0.2) is 0 Å². The first-order chi connectivity index (χ1) is 9.49. The molecule has 2 N–H and O–H groups in total. The van der Waals surface area contributed by atoms with Gasteiger partial charge >= 0.3 is 29.6 Å². The van der Waals surface area contributed by atoms with Crippen molar-refractivity contribution >= 4 is 28.7 Å². The minimum Gasteiger partial charge on any atom is -0.550 e. The van der Waals surface area contributed by atoms with Crippen LogP contribution in [0.5, 0.6) is 0 Å². The zero-order valence-electron chi connectivity index (χ0n) is 12.1. The number of aliphatic carboxylic acids is 1. The SMILES string of the molecule is Cc1ccc(C(=S)c2cccc(CC(=O)[O-])c2N)cc1.[Na+]. The van der Waals surface area contributed by atoms with Crippen LogP contribution in [0.4, 0.5) is 5.69 Å². The van der Waals surface area contributed by atoms with Crippen LogP contribution in [0.3, 0.4) is 0 Å². The van der Waals surface area contributed by atoms with Gasteiger partial charge in [-0.3, -0.25) is 0 Å². The van der Waals surface area contributed by atoms with E-state index in [4.69, 9.17) is 18.0 Å². The largest absolute Gasteiger partial charge is 1.00 e. The van der Waals surface area contributed by atoms with Crippen molar-refractivity contribution in [1.82, 2.24) is 0 Å². The molecule has 2 aromatic carbocycles. The molecule has 0 aromatic heterocycles. The maximum absolute atomic E-state index is 10.7. The van der Waals surface area contributed by atoms with Gasteiger partial charge in [-0.05, 0) is 18.1 Å². The second-order valence-corrected chi connectivity index (χ2v) is 5.03. The number of aryl methyl sites for hydroxylation is 1. The van der Waals surface area contributed by atoms with E-state index < -0.39 is 5.97 Å². The molecule has 0 aliphatic rings. The van der Waals surface area contributed by atoms with Crippen LogP contribution >= 0.6 is 12.2 Å². The molecule has 0 saturated heterocycles. The minimum atomic E-state index is -1.16. The Bertz CT molecular complexity index is 668. The number of carboxylic acid groups (broad SMARTS) is 1. The van der Waals surface area contributed by atoms with E-state index in [1.54, 1.807) is 18.2 Å². The van der Waals surface area contributed by atoms with Crippen LogP contribution in [-0.4, -0.2) is 10.8 Å². The molecule has 2 aromatic rings. The number of benzene rings is 2. The average Bonchev–Trinajstić information content (AvgIpc) is 2.41. The van der Waals surface area contributed by atoms with E-state index in [9.17, 15) is 9.90 Å². The minimum absolute atomic E-state index is 0. The summed E-state index contributed by atoms with van der Waals surface area (Å²) >= 11 is 5.45. The molecular weight excluding hydrogens is 293 g/mol. The number of anilines is 1. The number of para-hydroxylation sites is 1. The van der Waals surface area contributed by atoms with Crippen LogP contribution in [0, 0.1) is 6.92 Å². The summed E-state index contributed by atoms with van der Waals surface area (Å²) in [6.07, 6.45) is -0.212. The van der Waals surface area contributed by atoms with Gasteiger partial charge in [-0.1, -0.05) is 60.2 Å². The summed E-state index contributed by atoms with van der Waals surface area (Å²) in [6, 6.07) is 13.0. The standard InChI is InChI=1S/C16H15NO2S.Na/c1-10-5-7-11(8-6-10)16(20)13-4-2-3-12(15(13)17)9-14(18)19;/h2-8H,9,17H2,1H3,(H,18,19);/q;+1/p-1. The topological polar surface area (TPSA) is 66.1 Å². The smallest absolute Gasteiger partial charge is 0.550 e. The van der Waals surface area contributed by atoms with Gasteiger partial charge in [0.25, 0.3) is 0 Å². The molecule has 102 valence electrons. The van der Waals surface area contributed by atoms with Crippen molar-refractivity contribution in [3.63, 3.8) is 0 Å². The molecule has 0 spiro atoms. The van der Waals surface area contributed by atoms with Crippen LogP contribution in [0.1, 0.15) is 22.3 Å². The third-order valence-corrected chi connectivity index (χ3v) is 3.55. The average molecular weight is 307 g/mol. The van der Waals surface area contributed by atoms with E-state index in [0.29, 0.717) is 21.7 Å². The summed E-state index contributed by atoms with van der Waals surface area (Å²) in [6.45, 7) is 2.00. The molecule has 0 fully saturated rings. The number of nitrogen functional groups attached to an aromatic ring is 1. The van der Waals surface area contributed by atoms with Gasteiger partial charge in [0, 0.05) is 23.6 Å². The van der Waals surface area contributed by atoms with E-state index in [1.165, 1.54) is 0 Å². The molecule has 0 saturated carbocycles. The van der Waals surface area contributed by atoms with Gasteiger partial charge in [0.05, 0.1) is 4.86 Å². The molecule has 0 amide bonds. The summed E-state index contributed by atoms with van der Waals surface area (Å²) in [5.74, 6) is -1.16. The summed E-state index contributed by atoms with van der Waals surface area (Å²) in [7, 11) is 0. The Balaban J connectivity index is 0.00000220. The van der Waals surface area contributed by atoms with Crippen LogP contribution in [-0.2, 0) is 11.2 Å². The van der Waals surface area contributed by atoms with Crippen molar-refractivity contribution in [3.05, 3.63) is 64.7 Å². The Morgan fingerprint density at radius 1 is 1.19 bits per heavy atom. The van der Waals surface area contributed by atoms with E-state index >= 15 is 0 Å². The second kappa shape index (κ2) is 7.71. The molecule has 0 radical (unpaired) electrons. The molecule has 0 aliphatic carbocycles. The number of carbonyl (C=O) groups is 1. The quantitative estimate of drug-likeness (QED) is 0.328. The maximum Gasteiger partial charge on any atom is 1.00 e. The molecule has 0 heterocycles. The number of thiocarbonyl (C=S) groups is 1. The Labute approximate surface area is 151 Å². The van der Waals surface area contributed by atoms with E-state index in [2.05, 4.69) is 0 Å². The van der Waals surface area contributed by atoms with Crippen molar-refractivity contribution in [2.75, 3.05) is 5.73 Å². The summed E-state index contributed by atoms with van der Waals surface area (Å²) < 4.78 is 0. The Morgan fingerprint density at radius 2 is 1.81 bits per heavy atom. The fraction of sp³-hybridized carbons (Fsp3) is 0.125. The number of hydrogen-bond acceptors (Lipinski definition) is 4. The van der Waals surface area contributed by atoms with E-state index in [0.717, 1.165) is 11.1 Å². The molecule has 0 unspecified atom stereocenters. The van der Waals surface area contributed by atoms with Crippen molar-refractivity contribution in [2.45, 2.75) is 13.3 Å². The third kappa shape index (κ3) is 4.38. The summed E-state index contributed by atoms with van der Waals surface area (Å²) in [5, 5.41) is 10.7. The fourth-order valence-corrected chi connectivity index (χ4v) is 2.30. The number of hydrogen-bond donors (Lipinski definition) is 1. The predicted octanol–water partition coefficient (Wildman–Crippen LogP) is -1.36. The number of rotatable bonds is 4. The van der Waals surface area contributed by atoms with Gasteiger partial charge in [0.15, 0.2) is 0 Å². The zero-order chi connectivity index (χ0) is 14.7. The van der Waals surface area contributed by atoms with Crippen LogP contribution < -0.4 is 40.4 Å². The molecule has 0 bridgehead atoms. The Kier molecular flexibility index (Phi) is 6.55. The monoisotopic (exact) mass is 307 g/mol. The Hall–Kier alpha value is -1.20. The van der Waals surface area contributed by atoms with Crippen molar-refractivity contribution in [2.24, 2.45) is 0 Å². The molecule has 21 heavy (non-hydrogen) atoms. The molecule has 3 nitrogen and oxygen atoms in total. The molecule has 5 heteroatoms. The predicted molar refractivity (Wildman–Crippen MR) is 81.5 cm³/mol. The zero-order valence-corrected chi connectivity index (χ0v) is 14.9. The number of carboxylic acids is 1. The third-order valence-electron chi connectivity index (χ3n) is 3.09. The first kappa shape index (κ1) is 17.9. The number of nitrogens with two attached hydrogens (primary N) is 1. The first-order valence-corrected chi connectivity index (χ1v) is 6.58. The molecule has 0 atom stereocenters. The van der Waals surface area contributed by atoms with Crippen molar-refractivity contribution < 1.29 is 39.5 Å². The summed E-state index contributed by atoms with van der Waals surface area (Å²) in [4.78, 5) is 11.3. The van der Waals surface area contributed by atoms with Crippen molar-refractivity contribution in [3.8, 4) is 0 Å². The number of carbonyl (C=O) groups excluding carboxylic acids is 1. The van der Waals surface area contributed by atoms with Crippen LogP contribution in [0.25, 0.3) is 0 Å². The van der Waals surface area contributed by atoms with E-state index in [-0.39, 0.29) is 36.0 Å². The van der Waals surface area contributed by atoms with E-state index in [1.807, 2.05) is 31.2 Å². The molecular formula is C16H14NNaO2S. The first-order valence-electron chi connectivity index (χ1n) is 6.17. The summed E-state index contributed by atoms with van der Waals surface area (Å²) in [5.41, 5.74) is 9.67. The van der Waals surface area contributed by atoms with Crippen LogP contribution in [0.2, 0.25) is 0 Å². The van der Waals surface area contributed by atoms with Crippen molar-refractivity contribution in [1.29, 1.82) is 0 Å². The van der Waals surface area contributed by atoms with Gasteiger partial charge in [-0.2, -0.15) is 0 Å². The van der Waals surface area contributed by atoms with Gasteiger partial charge in [0.2, 0.25) is 0 Å². The fourth-order valence-electron chi connectivity index (χ4n) is 1.98. The van der Waals surface area contributed by atoms with Gasteiger partial charge in [0.1, 0.15) is 0 Å². The molecule has 2 rings (SSSR count). The van der Waals surface area contributed by atoms with Gasteiger partial charge in [-0.15, -0.1) is 0 Å². The maximum atomic E-state index is 10.7. The second-order valence-electron chi connectivity index (χ2n) is 4.62. The van der Waals surface area contributed by atoms with Crippen LogP contribution in [0.15, 0.2) is 42.5 Å². The normalized spacial score (nSPS) is 9.76. The Morgan fingerprint density at radius 3 is 2.38 bits per heavy atom.